The largest absolute Gasteiger partial charge is 0.468 e. The first-order valence-electron chi connectivity index (χ1n) is 9.55. The van der Waals surface area contributed by atoms with E-state index in [1.807, 2.05) is 73.5 Å². The summed E-state index contributed by atoms with van der Waals surface area (Å²) in [4.78, 5) is 19.2. The summed E-state index contributed by atoms with van der Waals surface area (Å²) in [6, 6.07) is 19.6. The van der Waals surface area contributed by atoms with Crippen molar-refractivity contribution >= 4 is 33.1 Å². The molecule has 0 radical (unpaired) electrons. The molecule has 0 spiro atoms. The average molecular weight is 406 g/mol. The molecular formula is C23H23N3O2S. The molecule has 0 fully saturated rings. The molecule has 0 unspecified atom stereocenters. The predicted octanol–water partition coefficient (Wildman–Crippen LogP) is 4.94. The van der Waals surface area contributed by atoms with Crippen LogP contribution in [-0.2, 0) is 17.8 Å². The number of likely N-dealkylation sites (N-methyl/N-ethyl adjacent to an activating group) is 1. The predicted molar refractivity (Wildman–Crippen MR) is 117 cm³/mol. The topological polar surface area (TPSA) is 58.4 Å². The van der Waals surface area contributed by atoms with Gasteiger partial charge in [-0.2, -0.15) is 0 Å². The van der Waals surface area contributed by atoms with Gasteiger partial charge in [0.05, 0.1) is 34.1 Å². The van der Waals surface area contributed by atoms with Gasteiger partial charge in [0.15, 0.2) is 0 Å². The van der Waals surface area contributed by atoms with Gasteiger partial charge in [-0.1, -0.05) is 24.3 Å². The minimum Gasteiger partial charge on any atom is -0.468 e. The van der Waals surface area contributed by atoms with E-state index in [0.29, 0.717) is 6.54 Å². The normalized spacial score (nSPS) is 12.4. The number of para-hydroxylation sites is 1. The van der Waals surface area contributed by atoms with E-state index in [1.54, 1.807) is 17.6 Å². The lowest BCUT2D eigenvalue weighted by atomic mass is 10.1. The molecule has 0 bridgehead atoms. The molecule has 0 aliphatic rings. The van der Waals surface area contributed by atoms with Crippen molar-refractivity contribution < 1.29 is 9.21 Å². The van der Waals surface area contributed by atoms with Crippen molar-refractivity contribution in [3.8, 4) is 0 Å². The number of anilines is 1. The van der Waals surface area contributed by atoms with Crippen molar-refractivity contribution in [2.75, 3.05) is 12.4 Å². The molecule has 0 saturated carbocycles. The lowest BCUT2D eigenvalue weighted by Gasteiger charge is -2.22. The second kappa shape index (κ2) is 8.59. The van der Waals surface area contributed by atoms with Gasteiger partial charge in [0.25, 0.3) is 0 Å². The number of nitrogens with one attached hydrogen (secondary N) is 1. The first kappa shape index (κ1) is 19.4. The summed E-state index contributed by atoms with van der Waals surface area (Å²) in [5.41, 5.74) is 3.01. The van der Waals surface area contributed by atoms with Crippen LogP contribution in [0.25, 0.3) is 10.2 Å². The molecule has 148 valence electrons. The van der Waals surface area contributed by atoms with Crippen molar-refractivity contribution in [3.05, 3.63) is 83.3 Å². The first-order valence-corrected chi connectivity index (χ1v) is 10.4. The van der Waals surface area contributed by atoms with Gasteiger partial charge in [-0.25, -0.2) is 4.98 Å². The Bertz CT molecular complexity index is 1050. The highest BCUT2D eigenvalue weighted by Gasteiger charge is 2.19. The Morgan fingerprint density at radius 3 is 2.66 bits per heavy atom. The van der Waals surface area contributed by atoms with E-state index in [0.717, 1.165) is 28.4 Å². The van der Waals surface area contributed by atoms with Crippen molar-refractivity contribution in [2.24, 2.45) is 0 Å². The number of fused-ring (bicyclic) bond motifs is 1. The van der Waals surface area contributed by atoms with Crippen LogP contribution in [0.3, 0.4) is 0 Å². The number of thiazole rings is 1. The van der Waals surface area contributed by atoms with Crippen LogP contribution in [0.15, 0.2) is 71.3 Å². The van der Waals surface area contributed by atoms with Crippen LogP contribution in [0.4, 0.5) is 5.69 Å². The van der Waals surface area contributed by atoms with E-state index in [2.05, 4.69) is 16.4 Å². The molecule has 29 heavy (non-hydrogen) atoms. The zero-order valence-electron chi connectivity index (χ0n) is 16.5. The molecular weight excluding hydrogens is 382 g/mol. The second-order valence-corrected chi connectivity index (χ2v) is 8.22. The second-order valence-electron chi connectivity index (χ2n) is 7.11. The van der Waals surface area contributed by atoms with Crippen LogP contribution < -0.4 is 5.32 Å². The highest BCUT2D eigenvalue weighted by molar-refractivity contribution is 7.18. The van der Waals surface area contributed by atoms with E-state index in [1.165, 1.54) is 10.3 Å². The van der Waals surface area contributed by atoms with Gasteiger partial charge in [-0.05, 0) is 55.9 Å². The van der Waals surface area contributed by atoms with Gasteiger partial charge in [-0.15, -0.1) is 11.3 Å². The average Bonchev–Trinajstić information content (AvgIpc) is 3.37. The smallest absolute Gasteiger partial charge is 0.241 e. The van der Waals surface area contributed by atoms with Crippen LogP contribution >= 0.6 is 11.3 Å². The summed E-state index contributed by atoms with van der Waals surface area (Å²) in [6.07, 6.45) is 2.43. The van der Waals surface area contributed by atoms with Crippen molar-refractivity contribution in [1.29, 1.82) is 0 Å². The third kappa shape index (κ3) is 4.72. The molecule has 1 N–H and O–H groups in total. The van der Waals surface area contributed by atoms with E-state index in [9.17, 15) is 4.79 Å². The molecule has 2 aromatic carbocycles. The molecule has 1 amide bonds. The van der Waals surface area contributed by atoms with Crippen molar-refractivity contribution in [3.63, 3.8) is 0 Å². The fraction of sp³-hybridized carbons (Fsp3) is 0.217. The van der Waals surface area contributed by atoms with Crippen LogP contribution in [-0.4, -0.2) is 28.9 Å². The number of amides is 1. The molecule has 6 heteroatoms. The van der Waals surface area contributed by atoms with Crippen molar-refractivity contribution in [2.45, 2.75) is 25.9 Å². The summed E-state index contributed by atoms with van der Waals surface area (Å²) in [7, 11) is 1.91. The summed E-state index contributed by atoms with van der Waals surface area (Å²) in [5.74, 6) is 0.796. The summed E-state index contributed by atoms with van der Waals surface area (Å²) in [5, 5.41) is 4.08. The van der Waals surface area contributed by atoms with Gasteiger partial charge in [0, 0.05) is 12.1 Å². The third-order valence-corrected chi connectivity index (χ3v) is 5.98. The van der Waals surface area contributed by atoms with Gasteiger partial charge >= 0.3 is 0 Å². The zero-order chi connectivity index (χ0) is 20.2. The number of carbonyl (C=O) groups is 1. The Hall–Kier alpha value is -2.96. The molecule has 4 rings (SSSR count). The van der Waals surface area contributed by atoms with E-state index < -0.39 is 0 Å². The number of rotatable bonds is 7. The molecule has 0 aliphatic carbocycles. The summed E-state index contributed by atoms with van der Waals surface area (Å²) >= 11 is 1.72. The van der Waals surface area contributed by atoms with E-state index >= 15 is 0 Å². The summed E-state index contributed by atoms with van der Waals surface area (Å²) in [6.45, 7) is 2.47. The fourth-order valence-corrected chi connectivity index (χ4v) is 4.11. The van der Waals surface area contributed by atoms with Crippen LogP contribution in [0.2, 0.25) is 0 Å². The Morgan fingerprint density at radius 2 is 1.93 bits per heavy atom. The SMILES string of the molecule is C[C@H](C(=O)Nc1ccc(Cc2nc3ccccc3s2)cc1)N(C)Cc1ccco1. The quantitative estimate of drug-likeness (QED) is 0.473. The molecule has 5 nitrogen and oxygen atoms in total. The highest BCUT2D eigenvalue weighted by Crippen LogP contribution is 2.24. The van der Waals surface area contributed by atoms with E-state index in [4.69, 9.17) is 4.42 Å². The van der Waals surface area contributed by atoms with Crippen LogP contribution in [0.5, 0.6) is 0 Å². The number of furan rings is 1. The maximum Gasteiger partial charge on any atom is 0.241 e. The lowest BCUT2D eigenvalue weighted by molar-refractivity contribution is -0.120. The minimum absolute atomic E-state index is 0.0435. The summed E-state index contributed by atoms with van der Waals surface area (Å²) < 4.78 is 6.56. The Kier molecular flexibility index (Phi) is 5.74. The number of nitrogens with zero attached hydrogens (tertiary/aromatic N) is 2. The minimum atomic E-state index is -0.275. The van der Waals surface area contributed by atoms with E-state index in [-0.39, 0.29) is 11.9 Å². The van der Waals surface area contributed by atoms with Crippen LogP contribution in [0, 0.1) is 0 Å². The molecule has 4 aromatic rings. The number of carbonyl (C=O) groups excluding carboxylic acids is 1. The molecule has 0 saturated heterocycles. The van der Waals surface area contributed by atoms with Gasteiger partial charge in [0.2, 0.25) is 5.91 Å². The maximum atomic E-state index is 12.6. The number of benzene rings is 2. The molecule has 2 aromatic heterocycles. The Morgan fingerprint density at radius 1 is 1.14 bits per heavy atom. The molecule has 2 heterocycles. The maximum absolute atomic E-state index is 12.6. The third-order valence-electron chi connectivity index (χ3n) is 4.94. The monoisotopic (exact) mass is 405 g/mol. The lowest BCUT2D eigenvalue weighted by Crippen LogP contribution is -2.39. The first-order chi connectivity index (χ1) is 14.1. The van der Waals surface area contributed by atoms with Gasteiger partial charge in [-0.3, -0.25) is 9.69 Å². The fourth-order valence-electron chi connectivity index (χ4n) is 3.11. The molecule has 1 atom stereocenters. The number of hydrogen-bond donors (Lipinski definition) is 1. The Balaban J connectivity index is 1.35. The molecule has 0 aliphatic heterocycles. The van der Waals surface area contributed by atoms with Gasteiger partial charge in [0.1, 0.15) is 5.76 Å². The Labute approximate surface area is 174 Å². The van der Waals surface area contributed by atoms with Gasteiger partial charge < -0.3 is 9.73 Å². The van der Waals surface area contributed by atoms with Crippen molar-refractivity contribution in [1.82, 2.24) is 9.88 Å². The zero-order valence-corrected chi connectivity index (χ0v) is 17.3. The number of aromatic nitrogens is 1. The standard InChI is InChI=1S/C23H23N3O2S/c1-16(26(2)15-19-6-5-13-28-19)23(27)24-18-11-9-17(10-12-18)14-22-25-20-7-3-4-8-21(20)29-22/h3-13,16H,14-15H2,1-2H3,(H,24,27)/t16-/m1/s1. The highest BCUT2D eigenvalue weighted by atomic mass is 32.1. The number of hydrogen-bond acceptors (Lipinski definition) is 5. The van der Waals surface area contributed by atoms with Crippen LogP contribution in [0.1, 0.15) is 23.3 Å².